The first-order chi connectivity index (χ1) is 12.6. The second-order valence-corrected chi connectivity index (χ2v) is 7.09. The van der Waals surface area contributed by atoms with Gasteiger partial charge in [0.05, 0.1) is 6.61 Å². The number of ether oxygens (including phenoxy) is 1. The zero-order chi connectivity index (χ0) is 18.4. The first-order valence-electron chi connectivity index (χ1n) is 9.08. The molecule has 1 saturated heterocycles. The predicted molar refractivity (Wildman–Crippen MR) is 105 cm³/mol. The van der Waals surface area contributed by atoms with Gasteiger partial charge in [0, 0.05) is 43.3 Å². The molecule has 0 spiro atoms. The highest BCUT2D eigenvalue weighted by Crippen LogP contribution is 2.14. The zero-order valence-electron chi connectivity index (χ0n) is 15.2. The molecule has 1 heterocycles. The third kappa shape index (κ3) is 5.23. The van der Waals surface area contributed by atoms with Gasteiger partial charge < -0.3 is 9.64 Å². The van der Waals surface area contributed by atoms with E-state index in [0.717, 1.165) is 44.9 Å². The van der Waals surface area contributed by atoms with Gasteiger partial charge in [0.2, 0.25) is 0 Å². The van der Waals surface area contributed by atoms with Crippen molar-refractivity contribution in [2.24, 2.45) is 0 Å². The molecule has 0 radical (unpaired) electrons. The summed E-state index contributed by atoms with van der Waals surface area (Å²) in [4.78, 5) is 16.8. The number of amides is 1. The first kappa shape index (κ1) is 18.7. The monoisotopic (exact) mass is 372 g/mol. The number of benzene rings is 2. The number of hydrogen-bond acceptors (Lipinski definition) is 3. The van der Waals surface area contributed by atoms with Crippen LogP contribution in [-0.4, -0.2) is 55.0 Å². The third-order valence-corrected chi connectivity index (χ3v) is 4.91. The molecule has 1 aliphatic rings. The molecule has 1 fully saturated rings. The minimum atomic E-state index is 0.0871. The molecule has 0 N–H and O–H groups in total. The molecule has 1 aliphatic heterocycles. The van der Waals surface area contributed by atoms with Gasteiger partial charge in [-0.25, -0.2) is 0 Å². The molecule has 0 aliphatic carbocycles. The normalized spacial score (nSPS) is 15.1. The van der Waals surface area contributed by atoms with E-state index in [1.165, 1.54) is 5.56 Å². The van der Waals surface area contributed by atoms with Gasteiger partial charge >= 0.3 is 0 Å². The lowest BCUT2D eigenvalue weighted by Crippen LogP contribution is -2.49. The molecule has 0 saturated carbocycles. The van der Waals surface area contributed by atoms with Gasteiger partial charge in [-0.15, -0.1) is 0 Å². The standard InChI is InChI=1S/C21H25ClN2O2/c1-17-3-9-20(10-4-17)26-16-2-11-23-12-14-24(15-13-23)21(25)18-5-7-19(22)8-6-18/h3-10H,2,11-16H2,1H3. The maximum absolute atomic E-state index is 12.5. The van der Waals surface area contributed by atoms with Crippen molar-refractivity contribution < 1.29 is 9.53 Å². The lowest BCUT2D eigenvalue weighted by molar-refractivity contribution is 0.0630. The highest BCUT2D eigenvalue weighted by atomic mass is 35.5. The summed E-state index contributed by atoms with van der Waals surface area (Å²) in [5.41, 5.74) is 1.94. The Morgan fingerprint density at radius 1 is 1.00 bits per heavy atom. The van der Waals surface area contributed by atoms with Crippen LogP contribution in [-0.2, 0) is 0 Å². The van der Waals surface area contributed by atoms with Crippen molar-refractivity contribution in [3.05, 3.63) is 64.7 Å². The number of hydrogen-bond donors (Lipinski definition) is 0. The van der Waals surface area contributed by atoms with E-state index in [4.69, 9.17) is 16.3 Å². The Labute approximate surface area is 160 Å². The summed E-state index contributed by atoms with van der Waals surface area (Å²) in [6, 6.07) is 15.3. The van der Waals surface area contributed by atoms with Crippen molar-refractivity contribution in [1.29, 1.82) is 0 Å². The number of nitrogens with zero attached hydrogens (tertiary/aromatic N) is 2. The van der Waals surface area contributed by atoms with Gasteiger partial charge in [0.25, 0.3) is 5.91 Å². The summed E-state index contributed by atoms with van der Waals surface area (Å²) < 4.78 is 5.78. The molecule has 3 rings (SSSR count). The number of piperazine rings is 1. The molecular weight excluding hydrogens is 348 g/mol. The van der Waals surface area contributed by atoms with Crippen LogP contribution in [0.2, 0.25) is 5.02 Å². The minimum Gasteiger partial charge on any atom is -0.494 e. The van der Waals surface area contributed by atoms with Gasteiger partial charge in [-0.3, -0.25) is 9.69 Å². The number of carbonyl (C=O) groups is 1. The van der Waals surface area contributed by atoms with Gasteiger partial charge in [0.1, 0.15) is 5.75 Å². The van der Waals surface area contributed by atoms with Gasteiger partial charge in [-0.2, -0.15) is 0 Å². The lowest BCUT2D eigenvalue weighted by Gasteiger charge is -2.34. The fourth-order valence-electron chi connectivity index (χ4n) is 3.06. The maximum atomic E-state index is 12.5. The van der Waals surface area contributed by atoms with Crippen LogP contribution in [0.4, 0.5) is 0 Å². The van der Waals surface area contributed by atoms with Crippen LogP contribution >= 0.6 is 11.6 Å². The molecule has 0 aromatic heterocycles. The van der Waals surface area contributed by atoms with Crippen molar-refractivity contribution >= 4 is 17.5 Å². The van der Waals surface area contributed by atoms with Gasteiger partial charge in [-0.1, -0.05) is 29.3 Å². The average molecular weight is 373 g/mol. The predicted octanol–water partition coefficient (Wildman–Crippen LogP) is 3.88. The molecule has 2 aromatic rings. The molecule has 0 bridgehead atoms. The fraction of sp³-hybridized carbons (Fsp3) is 0.381. The summed E-state index contributed by atoms with van der Waals surface area (Å²) in [6.07, 6.45) is 0.985. The summed E-state index contributed by atoms with van der Waals surface area (Å²) in [7, 11) is 0. The van der Waals surface area contributed by atoms with Crippen LogP contribution in [0.3, 0.4) is 0 Å². The Hall–Kier alpha value is -2.04. The van der Waals surface area contributed by atoms with E-state index in [0.29, 0.717) is 17.2 Å². The van der Waals surface area contributed by atoms with Crippen molar-refractivity contribution in [2.75, 3.05) is 39.3 Å². The van der Waals surface area contributed by atoms with E-state index in [1.807, 2.05) is 17.0 Å². The van der Waals surface area contributed by atoms with E-state index < -0.39 is 0 Å². The molecule has 5 heteroatoms. The summed E-state index contributed by atoms with van der Waals surface area (Å²) >= 11 is 5.89. The Kier molecular flexibility index (Phi) is 6.53. The van der Waals surface area contributed by atoms with E-state index in [-0.39, 0.29) is 5.91 Å². The smallest absolute Gasteiger partial charge is 0.253 e. The summed E-state index contributed by atoms with van der Waals surface area (Å²) in [5, 5.41) is 0.652. The SMILES string of the molecule is Cc1ccc(OCCCN2CCN(C(=O)c3ccc(Cl)cc3)CC2)cc1. The second kappa shape index (κ2) is 9.06. The summed E-state index contributed by atoms with van der Waals surface area (Å²) in [6.45, 7) is 7.12. The number of halogens is 1. The van der Waals surface area contributed by atoms with Crippen LogP contribution in [0.5, 0.6) is 5.75 Å². The van der Waals surface area contributed by atoms with E-state index >= 15 is 0 Å². The highest BCUT2D eigenvalue weighted by molar-refractivity contribution is 6.30. The Bertz CT molecular complexity index is 708. The Morgan fingerprint density at radius 3 is 2.31 bits per heavy atom. The molecule has 4 nitrogen and oxygen atoms in total. The molecular formula is C21H25ClN2O2. The first-order valence-corrected chi connectivity index (χ1v) is 9.46. The van der Waals surface area contributed by atoms with Crippen LogP contribution < -0.4 is 4.74 Å². The molecule has 0 atom stereocenters. The summed E-state index contributed by atoms with van der Waals surface area (Å²) in [5.74, 6) is 1.01. The van der Waals surface area contributed by atoms with Crippen molar-refractivity contribution in [3.8, 4) is 5.75 Å². The molecule has 1 amide bonds. The molecule has 26 heavy (non-hydrogen) atoms. The topological polar surface area (TPSA) is 32.8 Å². The largest absolute Gasteiger partial charge is 0.494 e. The zero-order valence-corrected chi connectivity index (χ0v) is 15.9. The number of aryl methyl sites for hydroxylation is 1. The Morgan fingerprint density at radius 2 is 1.65 bits per heavy atom. The van der Waals surface area contributed by atoms with E-state index in [2.05, 4.69) is 24.0 Å². The van der Waals surface area contributed by atoms with E-state index in [9.17, 15) is 4.79 Å². The van der Waals surface area contributed by atoms with Crippen LogP contribution in [0.25, 0.3) is 0 Å². The number of rotatable bonds is 6. The van der Waals surface area contributed by atoms with E-state index in [1.54, 1.807) is 24.3 Å². The van der Waals surface area contributed by atoms with Crippen molar-refractivity contribution in [2.45, 2.75) is 13.3 Å². The van der Waals surface area contributed by atoms with Gasteiger partial charge in [-0.05, 0) is 49.7 Å². The highest BCUT2D eigenvalue weighted by Gasteiger charge is 2.21. The van der Waals surface area contributed by atoms with Crippen LogP contribution in [0, 0.1) is 6.92 Å². The van der Waals surface area contributed by atoms with Crippen LogP contribution in [0.15, 0.2) is 48.5 Å². The molecule has 0 unspecified atom stereocenters. The lowest BCUT2D eigenvalue weighted by atomic mass is 10.2. The second-order valence-electron chi connectivity index (χ2n) is 6.66. The van der Waals surface area contributed by atoms with Crippen molar-refractivity contribution in [1.82, 2.24) is 9.80 Å². The average Bonchev–Trinajstić information content (AvgIpc) is 2.67. The third-order valence-electron chi connectivity index (χ3n) is 4.66. The van der Waals surface area contributed by atoms with Crippen molar-refractivity contribution in [3.63, 3.8) is 0 Å². The molecule has 138 valence electrons. The van der Waals surface area contributed by atoms with Gasteiger partial charge in [0.15, 0.2) is 0 Å². The quantitative estimate of drug-likeness (QED) is 0.721. The Balaban J connectivity index is 1.36. The van der Waals surface area contributed by atoms with Crippen LogP contribution in [0.1, 0.15) is 22.3 Å². The molecule has 2 aromatic carbocycles. The minimum absolute atomic E-state index is 0.0871. The fourth-order valence-corrected chi connectivity index (χ4v) is 3.19. The number of carbonyl (C=O) groups excluding carboxylic acids is 1. The maximum Gasteiger partial charge on any atom is 0.253 e.